The molecule has 0 bridgehead atoms. The number of aliphatic carboxylic acids is 1. The van der Waals surface area contributed by atoms with Crippen molar-refractivity contribution in [3.63, 3.8) is 0 Å². The van der Waals surface area contributed by atoms with Gasteiger partial charge in [0.2, 0.25) is 0 Å². The fourth-order valence-electron chi connectivity index (χ4n) is 0. The van der Waals surface area contributed by atoms with Crippen LogP contribution < -0.4 is 0 Å². The molecule has 0 aromatic heterocycles. The van der Waals surface area contributed by atoms with Crippen LogP contribution in [0.15, 0.2) is 12.2 Å². The fraction of sp³-hybridized carbons (Fsp3) is 0.500. The molecule has 3 nitrogen and oxygen atoms in total. The summed E-state index contributed by atoms with van der Waals surface area (Å²) in [4.78, 5) is 9.60. The summed E-state index contributed by atoms with van der Waals surface area (Å²) in [7, 11) is 0. The molecule has 0 spiro atoms. The first-order chi connectivity index (χ1) is 4.56. The number of carboxylic acids is 1. The van der Waals surface area contributed by atoms with Gasteiger partial charge in [-0.2, -0.15) is 0 Å². The van der Waals surface area contributed by atoms with Crippen LogP contribution in [0.3, 0.4) is 0 Å². The van der Waals surface area contributed by atoms with E-state index in [4.69, 9.17) is 9.66 Å². The lowest BCUT2D eigenvalue weighted by Gasteiger charge is -1.79. The second-order valence-corrected chi connectivity index (χ2v) is 2.34. The molecule has 0 heterocycles. The van der Waals surface area contributed by atoms with Crippen molar-refractivity contribution in [3.05, 3.63) is 12.2 Å². The third-order valence-electron chi connectivity index (χ3n) is 0.494. The van der Waals surface area contributed by atoms with E-state index in [1.165, 1.54) is 6.92 Å². The molecule has 0 rings (SSSR count). The van der Waals surface area contributed by atoms with Gasteiger partial charge < -0.3 is 9.66 Å². The topological polar surface area (TPSA) is 57.5 Å². The molecule has 0 amide bonds. The zero-order valence-corrected chi connectivity index (χ0v) is 6.94. The third-order valence-corrected chi connectivity index (χ3v) is 0.752. The molecular weight excluding hydrogens is 152 g/mol. The molecule has 0 atom stereocenters. The first-order valence-electron chi connectivity index (χ1n) is 2.71. The van der Waals surface area contributed by atoms with Gasteiger partial charge in [0.1, 0.15) is 0 Å². The maximum absolute atomic E-state index is 9.60. The van der Waals surface area contributed by atoms with E-state index in [0.717, 1.165) is 17.8 Å². The van der Waals surface area contributed by atoms with Gasteiger partial charge in [-0.25, -0.2) is 4.79 Å². The lowest BCUT2D eigenvalue weighted by atomic mass is 10.4. The minimum absolute atomic E-state index is 0.176. The molecule has 0 saturated heterocycles. The van der Waals surface area contributed by atoms with Crippen LogP contribution in [0.5, 0.6) is 0 Å². The highest BCUT2D eigenvalue weighted by atomic mass is 32.2. The van der Waals surface area contributed by atoms with Crippen molar-refractivity contribution in [1.29, 1.82) is 0 Å². The monoisotopic (exact) mass is 164 g/mol. The van der Waals surface area contributed by atoms with Crippen LogP contribution in [0.1, 0.15) is 13.8 Å². The van der Waals surface area contributed by atoms with Gasteiger partial charge >= 0.3 is 5.97 Å². The van der Waals surface area contributed by atoms with E-state index >= 15 is 0 Å². The standard InChI is InChI=1S/C4H6O2.C2H6OS/c1-3(2)4(5)6;1-2-4-3/h1H2,2H3,(H,5,6);3H,2H2,1H3. The number of hydrogen-bond acceptors (Lipinski definition) is 3. The van der Waals surface area contributed by atoms with Gasteiger partial charge in [-0.1, -0.05) is 13.5 Å². The number of hydrogen-bond donors (Lipinski definition) is 2. The van der Waals surface area contributed by atoms with Crippen LogP contribution in [0, 0.1) is 0 Å². The van der Waals surface area contributed by atoms with Crippen molar-refractivity contribution in [1.82, 2.24) is 0 Å². The van der Waals surface area contributed by atoms with E-state index in [1.807, 2.05) is 6.92 Å². The maximum Gasteiger partial charge on any atom is 0.330 e. The smallest absolute Gasteiger partial charge is 0.330 e. The molecule has 0 aliphatic heterocycles. The maximum atomic E-state index is 9.60. The Morgan fingerprint density at radius 3 is 1.90 bits per heavy atom. The predicted molar refractivity (Wildman–Crippen MR) is 43.2 cm³/mol. The summed E-state index contributed by atoms with van der Waals surface area (Å²) in [5.74, 6) is -0.144. The molecule has 10 heavy (non-hydrogen) atoms. The van der Waals surface area contributed by atoms with Crippen LogP contribution in [-0.2, 0) is 4.79 Å². The first kappa shape index (κ1) is 12.2. The van der Waals surface area contributed by atoms with Crippen LogP contribution in [-0.4, -0.2) is 21.4 Å². The average Bonchev–Trinajstić information content (AvgIpc) is 1.89. The van der Waals surface area contributed by atoms with Crippen molar-refractivity contribution in [3.8, 4) is 0 Å². The minimum atomic E-state index is -0.935. The Morgan fingerprint density at radius 2 is 1.90 bits per heavy atom. The summed E-state index contributed by atoms with van der Waals surface area (Å²) < 4.78 is 7.79. The Hall–Kier alpha value is -0.480. The summed E-state index contributed by atoms with van der Waals surface area (Å²) >= 11 is 0.856. The van der Waals surface area contributed by atoms with Gasteiger partial charge in [0, 0.05) is 11.3 Å². The molecule has 0 saturated carbocycles. The number of carbonyl (C=O) groups is 1. The van der Waals surface area contributed by atoms with Crippen molar-refractivity contribution in [2.75, 3.05) is 5.75 Å². The van der Waals surface area contributed by atoms with Crippen molar-refractivity contribution < 1.29 is 14.5 Å². The van der Waals surface area contributed by atoms with Gasteiger partial charge in [0.05, 0.1) is 0 Å². The Morgan fingerprint density at radius 1 is 1.70 bits per heavy atom. The second kappa shape index (κ2) is 8.52. The molecule has 0 unspecified atom stereocenters. The van der Waals surface area contributed by atoms with Crippen LogP contribution in [0.2, 0.25) is 0 Å². The third kappa shape index (κ3) is 15.6. The van der Waals surface area contributed by atoms with Gasteiger partial charge in [0.15, 0.2) is 0 Å². The molecule has 60 valence electrons. The van der Waals surface area contributed by atoms with E-state index in [-0.39, 0.29) is 5.57 Å². The molecule has 0 fully saturated rings. The Bertz CT molecular complexity index is 97.6. The average molecular weight is 164 g/mol. The highest BCUT2D eigenvalue weighted by molar-refractivity contribution is 7.93. The van der Waals surface area contributed by atoms with Gasteiger partial charge in [-0.3, -0.25) is 0 Å². The lowest BCUT2D eigenvalue weighted by Crippen LogP contribution is -1.92. The Kier molecular flexibility index (Phi) is 10.4. The summed E-state index contributed by atoms with van der Waals surface area (Å²) in [6, 6.07) is 0. The molecular formula is C6H12O3S. The highest BCUT2D eigenvalue weighted by Crippen LogP contribution is 1.82. The zero-order valence-electron chi connectivity index (χ0n) is 6.13. The molecule has 0 aliphatic carbocycles. The summed E-state index contributed by atoms with van der Waals surface area (Å²) in [5, 5.41) is 7.89. The van der Waals surface area contributed by atoms with Crippen LogP contribution in [0.4, 0.5) is 0 Å². The largest absolute Gasteiger partial charge is 0.478 e. The molecule has 4 heteroatoms. The van der Waals surface area contributed by atoms with Crippen molar-refractivity contribution in [2.45, 2.75) is 13.8 Å². The summed E-state index contributed by atoms with van der Waals surface area (Å²) in [6.07, 6.45) is 0. The molecule has 0 radical (unpaired) electrons. The highest BCUT2D eigenvalue weighted by Gasteiger charge is 1.90. The molecule has 0 aromatic rings. The van der Waals surface area contributed by atoms with E-state index in [0.29, 0.717) is 0 Å². The molecule has 0 aliphatic rings. The van der Waals surface area contributed by atoms with Gasteiger partial charge in [0.25, 0.3) is 0 Å². The van der Waals surface area contributed by atoms with Crippen molar-refractivity contribution >= 4 is 18.0 Å². The second-order valence-electron chi connectivity index (χ2n) is 1.50. The SMILES string of the molecule is C=C(C)C(=O)O.CCSO. The normalized spacial score (nSPS) is 7.50. The predicted octanol–water partition coefficient (Wildman–Crippen LogP) is 1.86. The molecule has 2 N–H and O–H groups in total. The van der Waals surface area contributed by atoms with E-state index in [9.17, 15) is 4.79 Å². The first-order valence-corrected chi connectivity index (χ1v) is 3.65. The summed E-state index contributed by atoms with van der Waals surface area (Å²) in [6.45, 7) is 6.50. The van der Waals surface area contributed by atoms with Crippen LogP contribution in [0.25, 0.3) is 0 Å². The Labute approximate surface area is 65.0 Å². The minimum Gasteiger partial charge on any atom is -0.478 e. The molecule has 0 aromatic carbocycles. The fourth-order valence-corrected chi connectivity index (χ4v) is 0. The lowest BCUT2D eigenvalue weighted by molar-refractivity contribution is -0.132. The van der Waals surface area contributed by atoms with E-state index in [2.05, 4.69) is 6.58 Å². The van der Waals surface area contributed by atoms with Crippen LogP contribution >= 0.6 is 12.0 Å². The van der Waals surface area contributed by atoms with Crippen molar-refractivity contribution in [2.24, 2.45) is 0 Å². The Balaban J connectivity index is 0. The number of carboxylic acid groups (broad SMARTS) is 1. The van der Waals surface area contributed by atoms with Gasteiger partial charge in [-0.15, -0.1) is 0 Å². The number of rotatable bonds is 2. The van der Waals surface area contributed by atoms with Gasteiger partial charge in [-0.05, 0) is 19.0 Å². The van der Waals surface area contributed by atoms with E-state index < -0.39 is 5.97 Å². The quantitative estimate of drug-likeness (QED) is 0.483. The zero-order chi connectivity index (χ0) is 8.57. The van der Waals surface area contributed by atoms with E-state index in [1.54, 1.807) is 0 Å². The summed E-state index contributed by atoms with van der Waals surface area (Å²) in [5.41, 5.74) is 0.176.